The van der Waals surface area contributed by atoms with Gasteiger partial charge < -0.3 is 30.4 Å². The van der Waals surface area contributed by atoms with Crippen molar-refractivity contribution in [3.63, 3.8) is 0 Å². The number of rotatable bonds is 7. The molecule has 0 saturated heterocycles. The van der Waals surface area contributed by atoms with E-state index in [1.807, 2.05) is 18.2 Å². The monoisotopic (exact) mass is 356 g/mol. The minimum atomic E-state index is -1.19. The van der Waals surface area contributed by atoms with Gasteiger partial charge in [0.2, 0.25) is 0 Å². The fourth-order valence-electron chi connectivity index (χ4n) is 2.79. The summed E-state index contributed by atoms with van der Waals surface area (Å²) in [5.41, 5.74) is 7.85. The summed E-state index contributed by atoms with van der Waals surface area (Å²) in [6, 6.07) is 9.87. The largest absolute Gasteiger partial charge is 0.507 e. The molecule has 136 valence electrons. The van der Waals surface area contributed by atoms with Crippen molar-refractivity contribution in [2.75, 3.05) is 18.9 Å². The number of hydrogen-bond donors (Lipinski definition) is 4. The van der Waals surface area contributed by atoms with Crippen molar-refractivity contribution < 1.29 is 24.9 Å². The summed E-state index contributed by atoms with van der Waals surface area (Å²) in [7, 11) is 0. The maximum absolute atomic E-state index is 11.1. The maximum atomic E-state index is 11.1. The fourth-order valence-corrected chi connectivity index (χ4v) is 2.79. The summed E-state index contributed by atoms with van der Waals surface area (Å²) in [6.07, 6.45) is 3.15. The summed E-state index contributed by atoms with van der Waals surface area (Å²) in [6.45, 7) is 0.633. The van der Waals surface area contributed by atoms with Crippen LogP contribution in [0.3, 0.4) is 0 Å². The highest BCUT2D eigenvalue weighted by atomic mass is 16.5. The van der Waals surface area contributed by atoms with Crippen LogP contribution in [0.2, 0.25) is 0 Å². The molecule has 1 heterocycles. The number of unbranched alkanes of at least 4 members (excludes halogenated alkanes) is 1. The highest BCUT2D eigenvalue weighted by Gasteiger charge is 2.13. The zero-order valence-electron chi connectivity index (χ0n) is 14.1. The molecule has 0 amide bonds. The topological polar surface area (TPSA) is 118 Å². The summed E-state index contributed by atoms with van der Waals surface area (Å²) in [5.74, 6) is -0.836. The van der Waals surface area contributed by atoms with Crippen LogP contribution in [-0.4, -0.2) is 39.1 Å². The van der Waals surface area contributed by atoms with Crippen LogP contribution in [0.5, 0.6) is 11.5 Å². The Kier molecular flexibility index (Phi) is 4.99. The Labute approximate surface area is 149 Å². The molecule has 3 rings (SSSR count). The van der Waals surface area contributed by atoms with Gasteiger partial charge in [-0.1, -0.05) is 0 Å². The molecule has 0 radical (unpaired) electrons. The predicted octanol–water partition coefficient (Wildman–Crippen LogP) is 2.77. The summed E-state index contributed by atoms with van der Waals surface area (Å²) >= 11 is 0. The molecule has 0 spiro atoms. The Morgan fingerprint density at radius 2 is 1.96 bits per heavy atom. The van der Waals surface area contributed by atoms with Crippen LogP contribution >= 0.6 is 0 Å². The van der Waals surface area contributed by atoms with E-state index in [1.54, 1.807) is 16.8 Å². The van der Waals surface area contributed by atoms with E-state index in [9.17, 15) is 9.90 Å². The van der Waals surface area contributed by atoms with Gasteiger partial charge in [0.15, 0.2) is 0 Å². The van der Waals surface area contributed by atoms with Gasteiger partial charge >= 0.3 is 5.97 Å². The number of nitrogen functional groups attached to an aromatic ring is 1. The number of carbonyl (C=O) groups is 1. The lowest BCUT2D eigenvalue weighted by Crippen LogP contribution is -2.00. The van der Waals surface area contributed by atoms with E-state index in [-0.39, 0.29) is 17.9 Å². The second-order valence-corrected chi connectivity index (χ2v) is 5.92. The molecule has 0 aliphatic carbocycles. The number of fused-ring (bicyclic) bond motifs is 1. The minimum absolute atomic E-state index is 0.137. The average molecular weight is 356 g/mol. The molecule has 0 aliphatic heterocycles. The Bertz CT molecular complexity index is 948. The lowest BCUT2D eigenvalue weighted by molar-refractivity contribution is 0.0693. The van der Waals surface area contributed by atoms with E-state index in [4.69, 9.17) is 20.7 Å². The highest BCUT2D eigenvalue weighted by molar-refractivity contribution is 5.95. The third kappa shape index (κ3) is 3.43. The van der Waals surface area contributed by atoms with Gasteiger partial charge in [-0.25, -0.2) is 4.79 Å². The number of aliphatic hydroxyl groups is 1. The van der Waals surface area contributed by atoms with Crippen LogP contribution in [0.1, 0.15) is 23.2 Å². The maximum Gasteiger partial charge on any atom is 0.339 e. The normalized spacial score (nSPS) is 11.0. The number of aromatic nitrogens is 1. The average Bonchev–Trinajstić information content (AvgIpc) is 2.94. The molecule has 26 heavy (non-hydrogen) atoms. The van der Waals surface area contributed by atoms with Crippen LogP contribution < -0.4 is 10.5 Å². The van der Waals surface area contributed by atoms with Crippen LogP contribution in [0, 0.1) is 0 Å². The number of aromatic hydroxyl groups is 1. The number of nitrogens with zero attached hydrogens (tertiary/aromatic N) is 1. The zero-order chi connectivity index (χ0) is 18.7. The highest BCUT2D eigenvalue weighted by Crippen LogP contribution is 2.31. The van der Waals surface area contributed by atoms with E-state index in [2.05, 4.69) is 0 Å². The number of nitrogens with two attached hydrogens (primary N) is 1. The predicted molar refractivity (Wildman–Crippen MR) is 98.1 cm³/mol. The molecule has 0 fully saturated rings. The number of phenols is 1. The van der Waals surface area contributed by atoms with E-state index >= 15 is 0 Å². The Hall–Kier alpha value is -3.19. The molecular formula is C19H20N2O5. The molecule has 0 atom stereocenters. The second kappa shape index (κ2) is 7.37. The summed E-state index contributed by atoms with van der Waals surface area (Å²) in [4.78, 5) is 11.1. The number of anilines is 1. The van der Waals surface area contributed by atoms with Crippen molar-refractivity contribution in [1.82, 2.24) is 4.57 Å². The van der Waals surface area contributed by atoms with Crippen LogP contribution in [0.25, 0.3) is 16.6 Å². The number of carboxylic acid groups (broad SMARTS) is 1. The van der Waals surface area contributed by atoms with Crippen molar-refractivity contribution in [2.45, 2.75) is 12.8 Å². The number of aliphatic hydroxyl groups excluding tert-OH is 1. The van der Waals surface area contributed by atoms with E-state index < -0.39 is 5.97 Å². The lowest BCUT2D eigenvalue weighted by Gasteiger charge is -2.09. The molecule has 1 aromatic heterocycles. The van der Waals surface area contributed by atoms with Crippen molar-refractivity contribution in [2.24, 2.45) is 0 Å². The summed E-state index contributed by atoms with van der Waals surface area (Å²) < 4.78 is 7.47. The molecular weight excluding hydrogens is 336 g/mol. The third-order valence-electron chi connectivity index (χ3n) is 4.12. The summed E-state index contributed by atoms with van der Waals surface area (Å²) in [5, 5.41) is 28.6. The van der Waals surface area contributed by atoms with E-state index in [0.717, 1.165) is 17.3 Å². The number of ether oxygens (including phenoxy) is 1. The smallest absolute Gasteiger partial charge is 0.339 e. The van der Waals surface area contributed by atoms with Crippen LogP contribution in [0.15, 0.2) is 42.6 Å². The van der Waals surface area contributed by atoms with Gasteiger partial charge in [-0.15, -0.1) is 0 Å². The molecule has 7 heteroatoms. The quantitative estimate of drug-likeness (QED) is 0.484. The van der Waals surface area contributed by atoms with E-state index in [1.165, 1.54) is 12.1 Å². The first kappa shape index (κ1) is 17.6. The molecule has 7 nitrogen and oxygen atoms in total. The van der Waals surface area contributed by atoms with Crippen molar-refractivity contribution in [3.8, 4) is 17.2 Å². The molecule has 0 bridgehead atoms. The minimum Gasteiger partial charge on any atom is -0.507 e. The zero-order valence-corrected chi connectivity index (χ0v) is 14.1. The second-order valence-electron chi connectivity index (χ2n) is 5.92. The van der Waals surface area contributed by atoms with Gasteiger partial charge in [-0.2, -0.15) is 0 Å². The van der Waals surface area contributed by atoms with Crippen LogP contribution in [-0.2, 0) is 0 Å². The molecule has 0 aliphatic rings. The standard InChI is InChI=1S/C19H20N2O5/c20-16-11-21(12-3-5-15(19(24)25)18(23)9-12)17-10-13(4-6-14(16)17)26-8-2-1-7-22/h3-6,9-11,22-23H,1-2,7-8,20H2,(H,24,25). The molecule has 3 aromatic rings. The van der Waals surface area contributed by atoms with Gasteiger partial charge in [0.1, 0.15) is 17.1 Å². The first-order valence-electron chi connectivity index (χ1n) is 8.22. The first-order valence-corrected chi connectivity index (χ1v) is 8.22. The van der Waals surface area contributed by atoms with Crippen molar-refractivity contribution in [1.29, 1.82) is 0 Å². The first-order chi connectivity index (χ1) is 12.5. The van der Waals surface area contributed by atoms with Gasteiger partial charge in [-0.05, 0) is 37.1 Å². The van der Waals surface area contributed by atoms with E-state index in [0.29, 0.717) is 30.2 Å². The fraction of sp³-hybridized carbons (Fsp3) is 0.211. The third-order valence-corrected chi connectivity index (χ3v) is 4.12. The number of hydrogen-bond acceptors (Lipinski definition) is 5. The van der Waals surface area contributed by atoms with Crippen LogP contribution in [0.4, 0.5) is 5.69 Å². The molecule has 5 N–H and O–H groups in total. The van der Waals surface area contributed by atoms with Gasteiger partial charge in [0, 0.05) is 36.0 Å². The number of benzene rings is 2. The lowest BCUT2D eigenvalue weighted by atomic mass is 10.1. The molecule has 0 unspecified atom stereocenters. The van der Waals surface area contributed by atoms with Gasteiger partial charge in [0.05, 0.1) is 17.8 Å². The number of carboxylic acids is 1. The van der Waals surface area contributed by atoms with Crippen molar-refractivity contribution >= 4 is 22.6 Å². The molecule has 0 saturated carbocycles. The Morgan fingerprint density at radius 3 is 2.65 bits per heavy atom. The SMILES string of the molecule is Nc1cn(-c2ccc(C(=O)O)c(O)c2)c2cc(OCCCCO)ccc12. The number of aromatic carboxylic acids is 1. The Balaban J connectivity index is 1.97. The van der Waals surface area contributed by atoms with Gasteiger partial charge in [-0.3, -0.25) is 0 Å². The van der Waals surface area contributed by atoms with Crippen molar-refractivity contribution in [3.05, 3.63) is 48.2 Å². The Morgan fingerprint density at radius 1 is 1.15 bits per heavy atom. The molecule has 2 aromatic carbocycles. The van der Waals surface area contributed by atoms with Gasteiger partial charge in [0.25, 0.3) is 0 Å².